The Morgan fingerprint density at radius 2 is 2.00 bits per heavy atom. The Labute approximate surface area is 145 Å². The van der Waals surface area contributed by atoms with Gasteiger partial charge >= 0.3 is 5.69 Å². The van der Waals surface area contributed by atoms with E-state index in [-0.39, 0.29) is 0 Å². The van der Waals surface area contributed by atoms with E-state index in [2.05, 4.69) is 20.1 Å². The van der Waals surface area contributed by atoms with Crippen molar-refractivity contribution >= 4 is 17.4 Å². The van der Waals surface area contributed by atoms with Crippen LogP contribution < -0.4 is 11.2 Å². The third-order valence-electron chi connectivity index (χ3n) is 3.67. The maximum Gasteiger partial charge on any atom is 0.325 e. The fraction of sp³-hybridized carbons (Fsp3) is 0.0588. The molecule has 0 radical (unpaired) electrons. The Morgan fingerprint density at radius 3 is 2.80 bits per heavy atom. The van der Waals surface area contributed by atoms with E-state index in [1.807, 2.05) is 36.4 Å². The number of imidazole rings is 1. The Morgan fingerprint density at radius 1 is 1.16 bits per heavy atom. The summed E-state index contributed by atoms with van der Waals surface area (Å²) in [5.41, 5.74) is 1.46. The molecule has 0 fully saturated rings. The Balaban J connectivity index is 1.77. The normalized spacial score (nSPS) is 11.0. The molecule has 0 atom stereocenters. The van der Waals surface area contributed by atoms with Crippen LogP contribution >= 0.6 is 11.8 Å². The number of hydrogen-bond donors (Lipinski definition) is 2. The van der Waals surface area contributed by atoms with Gasteiger partial charge in [-0.1, -0.05) is 18.2 Å². The summed E-state index contributed by atoms with van der Waals surface area (Å²) in [7, 11) is 0. The van der Waals surface area contributed by atoms with Gasteiger partial charge in [0.15, 0.2) is 5.65 Å². The molecule has 0 spiro atoms. The van der Waals surface area contributed by atoms with Gasteiger partial charge in [0.2, 0.25) is 0 Å². The summed E-state index contributed by atoms with van der Waals surface area (Å²) >= 11 is 1.68. The van der Waals surface area contributed by atoms with Crippen molar-refractivity contribution in [1.82, 2.24) is 24.6 Å². The number of H-pyrrole nitrogens is 2. The lowest BCUT2D eigenvalue weighted by Crippen LogP contribution is -2.23. The number of nitrogens with one attached hydrogen (secondary N) is 2. The van der Waals surface area contributed by atoms with Crippen molar-refractivity contribution in [1.29, 1.82) is 0 Å². The molecular weight excluding hydrogens is 338 g/mol. The molecule has 0 amide bonds. The van der Waals surface area contributed by atoms with Crippen molar-refractivity contribution in [3.8, 4) is 11.3 Å². The van der Waals surface area contributed by atoms with E-state index in [0.717, 1.165) is 16.1 Å². The number of aromatic amines is 2. The molecule has 0 aliphatic heterocycles. The second-order valence-electron chi connectivity index (χ2n) is 5.34. The van der Waals surface area contributed by atoms with Crippen molar-refractivity contribution in [2.75, 3.05) is 0 Å². The van der Waals surface area contributed by atoms with Crippen LogP contribution in [0, 0.1) is 0 Å². The zero-order valence-corrected chi connectivity index (χ0v) is 13.8. The van der Waals surface area contributed by atoms with Crippen LogP contribution in [0.25, 0.3) is 16.9 Å². The van der Waals surface area contributed by atoms with Crippen LogP contribution in [-0.2, 0) is 5.75 Å². The first-order valence-electron chi connectivity index (χ1n) is 7.54. The van der Waals surface area contributed by atoms with Gasteiger partial charge in [-0.2, -0.15) is 5.10 Å². The molecule has 0 unspecified atom stereocenters. The quantitative estimate of drug-likeness (QED) is 0.549. The lowest BCUT2D eigenvalue weighted by molar-refractivity contribution is 0.925. The van der Waals surface area contributed by atoms with E-state index < -0.39 is 11.2 Å². The molecule has 3 aromatic heterocycles. The number of thioether (sulfide) groups is 1. The van der Waals surface area contributed by atoms with Crippen LogP contribution in [0.4, 0.5) is 0 Å². The van der Waals surface area contributed by atoms with Crippen LogP contribution in [0.1, 0.15) is 5.56 Å². The molecule has 124 valence electrons. The number of fused-ring (bicyclic) bond motifs is 1. The van der Waals surface area contributed by atoms with Gasteiger partial charge in [0.1, 0.15) is 0 Å². The standard InChI is InChI=1S/C17H13N5O2S/c23-16-13(9-19-17(24)20-16)14-8-11(15-18-6-7-22(15)21-14)10-25-12-4-2-1-3-5-12/h1-9H,10H2,(H2,19,20,23,24). The average molecular weight is 351 g/mol. The number of nitrogens with zero attached hydrogens (tertiary/aromatic N) is 3. The minimum absolute atomic E-state index is 0.307. The highest BCUT2D eigenvalue weighted by Crippen LogP contribution is 2.25. The zero-order valence-electron chi connectivity index (χ0n) is 13.0. The molecule has 4 rings (SSSR count). The zero-order chi connectivity index (χ0) is 17.2. The largest absolute Gasteiger partial charge is 0.325 e. The Bertz CT molecular complexity index is 1150. The summed E-state index contributed by atoms with van der Waals surface area (Å²) in [6.45, 7) is 0. The van der Waals surface area contributed by atoms with E-state index in [9.17, 15) is 9.59 Å². The third-order valence-corrected chi connectivity index (χ3v) is 4.73. The first kappa shape index (κ1) is 15.4. The highest BCUT2D eigenvalue weighted by atomic mass is 32.2. The summed E-state index contributed by atoms with van der Waals surface area (Å²) in [6, 6.07) is 11.9. The fourth-order valence-electron chi connectivity index (χ4n) is 2.50. The van der Waals surface area contributed by atoms with Crippen LogP contribution in [0.15, 0.2) is 69.5 Å². The SMILES string of the molecule is O=c1[nH]cc(-c2cc(CSc3ccccc3)c3nccn3n2)c(=O)[nH]1. The summed E-state index contributed by atoms with van der Waals surface area (Å²) < 4.78 is 1.64. The fourth-order valence-corrected chi connectivity index (χ4v) is 3.38. The highest BCUT2D eigenvalue weighted by molar-refractivity contribution is 7.98. The van der Waals surface area contributed by atoms with Crippen LogP contribution in [0.3, 0.4) is 0 Å². The monoisotopic (exact) mass is 351 g/mol. The Kier molecular flexibility index (Phi) is 3.95. The van der Waals surface area contributed by atoms with Crippen LogP contribution in [-0.4, -0.2) is 24.6 Å². The van der Waals surface area contributed by atoms with Gasteiger partial charge in [-0.05, 0) is 18.2 Å². The molecule has 2 N–H and O–H groups in total. The maximum absolute atomic E-state index is 12.1. The van der Waals surface area contributed by atoms with Gasteiger partial charge < -0.3 is 4.98 Å². The van der Waals surface area contributed by atoms with Crippen molar-refractivity contribution in [3.63, 3.8) is 0 Å². The molecule has 0 aliphatic rings. The second kappa shape index (κ2) is 6.40. The molecule has 1 aromatic carbocycles. The molecule has 25 heavy (non-hydrogen) atoms. The average Bonchev–Trinajstić information content (AvgIpc) is 3.09. The van der Waals surface area contributed by atoms with Crippen LogP contribution in [0.5, 0.6) is 0 Å². The molecule has 4 aromatic rings. The topological polar surface area (TPSA) is 95.9 Å². The van der Waals surface area contributed by atoms with E-state index in [1.54, 1.807) is 28.7 Å². The van der Waals surface area contributed by atoms with Crippen molar-refractivity contribution < 1.29 is 0 Å². The number of rotatable bonds is 4. The lowest BCUT2D eigenvalue weighted by atomic mass is 10.2. The van der Waals surface area contributed by atoms with E-state index in [0.29, 0.717) is 17.0 Å². The second-order valence-corrected chi connectivity index (χ2v) is 6.39. The summed E-state index contributed by atoms with van der Waals surface area (Å²) in [4.78, 5) is 33.5. The molecule has 7 nitrogen and oxygen atoms in total. The molecule has 0 bridgehead atoms. The van der Waals surface area contributed by atoms with E-state index >= 15 is 0 Å². The predicted molar refractivity (Wildman–Crippen MR) is 95.7 cm³/mol. The molecule has 0 saturated carbocycles. The van der Waals surface area contributed by atoms with Crippen molar-refractivity contribution in [2.45, 2.75) is 10.6 Å². The van der Waals surface area contributed by atoms with Gasteiger partial charge in [-0.15, -0.1) is 11.8 Å². The molecular formula is C17H13N5O2S. The number of hydrogen-bond acceptors (Lipinski definition) is 5. The Hall–Kier alpha value is -3.13. The van der Waals surface area contributed by atoms with Gasteiger partial charge in [0.05, 0.1) is 11.3 Å². The maximum atomic E-state index is 12.1. The van der Waals surface area contributed by atoms with Gasteiger partial charge in [-0.25, -0.2) is 14.3 Å². The van der Waals surface area contributed by atoms with E-state index in [1.165, 1.54) is 6.20 Å². The van der Waals surface area contributed by atoms with Crippen molar-refractivity contribution in [3.05, 3.63) is 81.4 Å². The molecule has 8 heteroatoms. The predicted octanol–water partition coefficient (Wildman–Crippen LogP) is 2.07. The van der Waals surface area contributed by atoms with Crippen LogP contribution in [0.2, 0.25) is 0 Å². The first-order valence-corrected chi connectivity index (χ1v) is 8.53. The first-order chi connectivity index (χ1) is 12.2. The van der Waals surface area contributed by atoms with Gasteiger partial charge in [0.25, 0.3) is 5.56 Å². The minimum atomic E-state index is -0.544. The highest BCUT2D eigenvalue weighted by Gasteiger charge is 2.12. The summed E-state index contributed by atoms with van der Waals surface area (Å²) in [6.07, 6.45) is 4.77. The lowest BCUT2D eigenvalue weighted by Gasteiger charge is -2.07. The third kappa shape index (κ3) is 3.11. The molecule has 3 heterocycles. The number of aromatic nitrogens is 5. The van der Waals surface area contributed by atoms with Crippen molar-refractivity contribution in [2.24, 2.45) is 0 Å². The van der Waals surface area contributed by atoms with Gasteiger partial charge in [0, 0.05) is 34.8 Å². The smallest absolute Gasteiger partial charge is 0.313 e. The summed E-state index contributed by atoms with van der Waals surface area (Å²) in [5, 5.41) is 4.41. The molecule has 0 saturated heterocycles. The van der Waals surface area contributed by atoms with E-state index in [4.69, 9.17) is 0 Å². The van der Waals surface area contributed by atoms with Gasteiger partial charge in [-0.3, -0.25) is 9.78 Å². The number of benzene rings is 1. The molecule has 0 aliphatic carbocycles. The minimum Gasteiger partial charge on any atom is -0.313 e. The summed E-state index contributed by atoms with van der Waals surface area (Å²) in [5.74, 6) is 0.682.